The summed E-state index contributed by atoms with van der Waals surface area (Å²) >= 11 is 0. The highest BCUT2D eigenvalue weighted by Gasteiger charge is 2.20. The Morgan fingerprint density at radius 3 is 2.81 bits per heavy atom. The average molecular weight is 283 g/mol. The molecule has 1 aliphatic rings. The van der Waals surface area contributed by atoms with Crippen LogP contribution in [-0.2, 0) is 6.42 Å². The molecule has 0 spiro atoms. The van der Waals surface area contributed by atoms with E-state index in [0.29, 0.717) is 5.95 Å². The zero-order valence-corrected chi connectivity index (χ0v) is 12.7. The van der Waals surface area contributed by atoms with E-state index in [4.69, 9.17) is 4.98 Å². The zero-order chi connectivity index (χ0) is 14.7. The van der Waals surface area contributed by atoms with Crippen LogP contribution in [0.2, 0.25) is 0 Å². The Bertz CT molecular complexity index is 609. The van der Waals surface area contributed by atoms with Gasteiger partial charge in [-0.2, -0.15) is 10.1 Å². The Labute approximate surface area is 125 Å². The third-order valence-electron chi connectivity index (χ3n) is 3.97. The van der Waals surface area contributed by atoms with E-state index in [0.717, 1.165) is 38.3 Å². The van der Waals surface area contributed by atoms with E-state index < -0.39 is 0 Å². The van der Waals surface area contributed by atoms with Gasteiger partial charge in [-0.25, -0.2) is 0 Å². The monoisotopic (exact) mass is 283 g/mol. The number of hydrogen-bond acceptors (Lipinski definition) is 5. The van der Waals surface area contributed by atoms with Gasteiger partial charge < -0.3 is 9.80 Å². The molecule has 0 saturated heterocycles. The molecule has 5 nitrogen and oxygen atoms in total. The van der Waals surface area contributed by atoms with Gasteiger partial charge in [0.25, 0.3) is 0 Å². The second-order valence-electron chi connectivity index (χ2n) is 5.17. The van der Waals surface area contributed by atoms with Crippen molar-refractivity contribution in [3.63, 3.8) is 0 Å². The molecule has 0 fully saturated rings. The van der Waals surface area contributed by atoms with E-state index >= 15 is 0 Å². The predicted molar refractivity (Wildman–Crippen MR) is 85.2 cm³/mol. The minimum absolute atomic E-state index is 0.709. The van der Waals surface area contributed by atoms with E-state index in [1.807, 2.05) is 0 Å². The van der Waals surface area contributed by atoms with Gasteiger partial charge in [-0.3, -0.25) is 0 Å². The maximum atomic E-state index is 4.72. The van der Waals surface area contributed by atoms with Crippen LogP contribution in [-0.4, -0.2) is 34.8 Å². The van der Waals surface area contributed by atoms with Gasteiger partial charge in [0.2, 0.25) is 5.95 Å². The Hall–Kier alpha value is -2.17. The van der Waals surface area contributed by atoms with Crippen molar-refractivity contribution in [2.45, 2.75) is 26.7 Å². The summed E-state index contributed by atoms with van der Waals surface area (Å²) in [5, 5.41) is 8.32. The molecule has 1 aromatic heterocycles. The van der Waals surface area contributed by atoms with Gasteiger partial charge in [-0.15, -0.1) is 5.10 Å². The quantitative estimate of drug-likeness (QED) is 0.863. The van der Waals surface area contributed by atoms with Crippen LogP contribution in [0.15, 0.2) is 30.5 Å². The molecule has 0 N–H and O–H groups in total. The number of para-hydroxylation sites is 1. The zero-order valence-electron chi connectivity index (χ0n) is 12.7. The first-order chi connectivity index (χ1) is 10.3. The standard InChI is InChI=1S/C16H21N5/c1-3-20(4-2)16-18-15(12-17-19-16)21-11-7-9-13-8-5-6-10-14(13)21/h5-6,8,10,12H,3-4,7,9,11H2,1-2H3. The Kier molecular flexibility index (Phi) is 3.99. The summed E-state index contributed by atoms with van der Waals surface area (Å²) < 4.78 is 0. The van der Waals surface area contributed by atoms with Crippen molar-refractivity contribution < 1.29 is 0 Å². The van der Waals surface area contributed by atoms with Crippen LogP contribution >= 0.6 is 0 Å². The molecule has 0 aliphatic carbocycles. The molecule has 110 valence electrons. The lowest BCUT2D eigenvalue weighted by molar-refractivity contribution is 0.743. The van der Waals surface area contributed by atoms with Gasteiger partial charge in [-0.1, -0.05) is 18.2 Å². The smallest absolute Gasteiger partial charge is 0.247 e. The van der Waals surface area contributed by atoms with Crippen LogP contribution in [0, 0.1) is 0 Å². The molecule has 0 saturated carbocycles. The number of aromatic nitrogens is 3. The molecule has 0 amide bonds. The third-order valence-corrected chi connectivity index (χ3v) is 3.97. The van der Waals surface area contributed by atoms with Crippen molar-refractivity contribution in [1.82, 2.24) is 15.2 Å². The molecule has 2 aromatic rings. The van der Waals surface area contributed by atoms with Gasteiger partial charge in [0.15, 0.2) is 5.82 Å². The first-order valence-electron chi connectivity index (χ1n) is 7.63. The van der Waals surface area contributed by atoms with Crippen LogP contribution in [0.25, 0.3) is 0 Å². The maximum Gasteiger partial charge on any atom is 0.247 e. The fourth-order valence-electron chi connectivity index (χ4n) is 2.83. The first-order valence-corrected chi connectivity index (χ1v) is 7.63. The molecule has 21 heavy (non-hydrogen) atoms. The minimum atomic E-state index is 0.709. The van der Waals surface area contributed by atoms with Crippen LogP contribution in [0.5, 0.6) is 0 Å². The van der Waals surface area contributed by atoms with Crippen LogP contribution in [0.3, 0.4) is 0 Å². The molecule has 0 bridgehead atoms. The number of hydrogen-bond donors (Lipinski definition) is 0. The fraction of sp³-hybridized carbons (Fsp3) is 0.438. The van der Waals surface area contributed by atoms with Crippen molar-refractivity contribution in [3.8, 4) is 0 Å². The summed E-state index contributed by atoms with van der Waals surface area (Å²) in [6.45, 7) is 6.97. The van der Waals surface area contributed by atoms with Crippen LogP contribution in [0.1, 0.15) is 25.8 Å². The summed E-state index contributed by atoms with van der Waals surface area (Å²) in [5.41, 5.74) is 2.63. The molecule has 3 rings (SSSR count). The molecule has 0 atom stereocenters. The maximum absolute atomic E-state index is 4.72. The molecule has 5 heteroatoms. The van der Waals surface area contributed by atoms with Gasteiger partial charge in [0.05, 0.1) is 6.20 Å². The summed E-state index contributed by atoms with van der Waals surface area (Å²) in [7, 11) is 0. The largest absolute Gasteiger partial charge is 0.340 e. The van der Waals surface area contributed by atoms with Crippen molar-refractivity contribution in [3.05, 3.63) is 36.0 Å². The summed E-state index contributed by atoms with van der Waals surface area (Å²) in [4.78, 5) is 9.08. The number of nitrogens with zero attached hydrogens (tertiary/aromatic N) is 5. The minimum Gasteiger partial charge on any atom is -0.340 e. The van der Waals surface area contributed by atoms with Gasteiger partial charge >= 0.3 is 0 Å². The lowest BCUT2D eigenvalue weighted by atomic mass is 10.0. The van der Waals surface area contributed by atoms with E-state index in [9.17, 15) is 0 Å². The van der Waals surface area contributed by atoms with Crippen molar-refractivity contribution in [1.29, 1.82) is 0 Å². The van der Waals surface area contributed by atoms with Crippen LogP contribution < -0.4 is 9.80 Å². The van der Waals surface area contributed by atoms with Crippen molar-refractivity contribution >= 4 is 17.5 Å². The summed E-state index contributed by atoms with van der Waals surface area (Å²) in [5.74, 6) is 1.60. The lowest BCUT2D eigenvalue weighted by Gasteiger charge is -2.30. The Morgan fingerprint density at radius 2 is 2.00 bits per heavy atom. The molecule has 1 aromatic carbocycles. The van der Waals surface area contributed by atoms with Crippen LogP contribution in [0.4, 0.5) is 17.5 Å². The summed E-state index contributed by atoms with van der Waals surface area (Å²) in [6, 6.07) is 8.54. The van der Waals surface area contributed by atoms with E-state index in [1.165, 1.54) is 11.3 Å². The highest BCUT2D eigenvalue weighted by molar-refractivity contribution is 5.65. The highest BCUT2D eigenvalue weighted by Crippen LogP contribution is 2.32. The number of benzene rings is 1. The number of fused-ring (bicyclic) bond motifs is 1. The number of rotatable bonds is 4. The molecular weight excluding hydrogens is 262 g/mol. The van der Waals surface area contributed by atoms with E-state index in [2.05, 4.69) is 58.1 Å². The predicted octanol–water partition coefficient (Wildman–Crippen LogP) is 2.80. The number of anilines is 3. The normalized spacial score (nSPS) is 13.9. The lowest BCUT2D eigenvalue weighted by Crippen LogP contribution is -2.28. The van der Waals surface area contributed by atoms with E-state index in [-0.39, 0.29) is 0 Å². The SMILES string of the molecule is CCN(CC)c1nncc(N2CCCc3ccccc32)n1. The summed E-state index contributed by atoms with van der Waals surface area (Å²) in [6.07, 6.45) is 4.03. The highest BCUT2D eigenvalue weighted by atomic mass is 15.3. The van der Waals surface area contributed by atoms with Crippen molar-refractivity contribution in [2.24, 2.45) is 0 Å². The Morgan fingerprint density at radius 1 is 1.19 bits per heavy atom. The number of aryl methyl sites for hydroxylation is 1. The molecular formula is C16H21N5. The van der Waals surface area contributed by atoms with Gasteiger partial charge in [-0.05, 0) is 38.3 Å². The third kappa shape index (κ3) is 2.68. The second kappa shape index (κ2) is 6.08. The second-order valence-corrected chi connectivity index (χ2v) is 5.17. The fourth-order valence-corrected chi connectivity index (χ4v) is 2.83. The van der Waals surface area contributed by atoms with Gasteiger partial charge in [0, 0.05) is 25.3 Å². The van der Waals surface area contributed by atoms with Crippen molar-refractivity contribution in [2.75, 3.05) is 29.4 Å². The topological polar surface area (TPSA) is 45.2 Å². The average Bonchev–Trinajstić information content (AvgIpc) is 2.56. The Balaban J connectivity index is 1.96. The van der Waals surface area contributed by atoms with Gasteiger partial charge in [0.1, 0.15) is 0 Å². The first kappa shape index (κ1) is 13.8. The molecule has 2 heterocycles. The van der Waals surface area contributed by atoms with E-state index in [1.54, 1.807) is 6.20 Å². The molecule has 0 unspecified atom stereocenters. The molecule has 0 radical (unpaired) electrons. The molecule has 1 aliphatic heterocycles.